The van der Waals surface area contributed by atoms with Gasteiger partial charge in [-0.2, -0.15) is 0 Å². The number of nitrogens with zero attached hydrogens (tertiary/aromatic N) is 1. The van der Waals surface area contributed by atoms with Gasteiger partial charge in [0.1, 0.15) is 0 Å². The molecular weight excluding hydrogens is 296 g/mol. The summed E-state index contributed by atoms with van der Waals surface area (Å²) in [4.78, 5) is 14.4. The van der Waals surface area contributed by atoms with Crippen molar-refractivity contribution in [2.45, 2.75) is 13.5 Å². The first-order valence-electron chi connectivity index (χ1n) is 8.13. The predicted molar refractivity (Wildman–Crippen MR) is 100 cm³/mol. The SMILES string of the molecule is Cc1ccc(CN(C)CC(=O)Nc2cccc3ccccc23)cc1. The Balaban J connectivity index is 1.63. The number of nitrogens with one attached hydrogen (secondary N) is 1. The number of rotatable bonds is 5. The van der Waals surface area contributed by atoms with Gasteiger partial charge in [0.05, 0.1) is 6.54 Å². The van der Waals surface area contributed by atoms with Gasteiger partial charge in [-0.25, -0.2) is 0 Å². The molecular formula is C21H22N2O. The minimum atomic E-state index is 0.000893. The molecule has 0 saturated carbocycles. The van der Waals surface area contributed by atoms with E-state index in [0.717, 1.165) is 23.0 Å². The van der Waals surface area contributed by atoms with Crippen LogP contribution in [0.3, 0.4) is 0 Å². The molecule has 0 fully saturated rings. The number of carbonyl (C=O) groups is 1. The topological polar surface area (TPSA) is 32.3 Å². The zero-order chi connectivity index (χ0) is 16.9. The third-order valence-corrected chi connectivity index (χ3v) is 4.05. The van der Waals surface area contributed by atoms with Crippen molar-refractivity contribution in [1.29, 1.82) is 0 Å². The van der Waals surface area contributed by atoms with Crippen LogP contribution < -0.4 is 5.32 Å². The molecule has 0 aliphatic heterocycles. The van der Waals surface area contributed by atoms with E-state index in [4.69, 9.17) is 0 Å². The van der Waals surface area contributed by atoms with Crippen molar-refractivity contribution in [3.05, 3.63) is 77.9 Å². The van der Waals surface area contributed by atoms with Crippen molar-refractivity contribution in [2.75, 3.05) is 18.9 Å². The number of likely N-dealkylation sites (N-methyl/N-ethyl adjacent to an activating group) is 1. The van der Waals surface area contributed by atoms with Crippen molar-refractivity contribution >= 4 is 22.4 Å². The number of fused-ring (bicyclic) bond motifs is 1. The molecule has 3 aromatic rings. The van der Waals surface area contributed by atoms with E-state index in [1.54, 1.807) is 0 Å². The maximum absolute atomic E-state index is 12.4. The summed E-state index contributed by atoms with van der Waals surface area (Å²) in [7, 11) is 1.96. The molecule has 1 N–H and O–H groups in total. The van der Waals surface area contributed by atoms with E-state index in [0.29, 0.717) is 6.54 Å². The minimum absolute atomic E-state index is 0.000893. The van der Waals surface area contributed by atoms with E-state index in [-0.39, 0.29) is 5.91 Å². The smallest absolute Gasteiger partial charge is 0.238 e. The summed E-state index contributed by atoms with van der Waals surface area (Å²) < 4.78 is 0. The standard InChI is InChI=1S/C21H22N2O/c1-16-10-12-17(13-11-16)14-23(2)15-21(24)22-20-9-5-7-18-6-3-4-8-19(18)20/h3-13H,14-15H2,1-2H3,(H,22,24). The van der Waals surface area contributed by atoms with Gasteiger partial charge in [0, 0.05) is 17.6 Å². The fourth-order valence-electron chi connectivity index (χ4n) is 2.83. The molecule has 0 radical (unpaired) electrons. The van der Waals surface area contributed by atoms with Gasteiger partial charge in [-0.3, -0.25) is 9.69 Å². The second-order valence-electron chi connectivity index (χ2n) is 6.23. The molecule has 0 unspecified atom stereocenters. The Morgan fingerprint density at radius 3 is 2.46 bits per heavy atom. The van der Waals surface area contributed by atoms with Crippen molar-refractivity contribution in [3.63, 3.8) is 0 Å². The molecule has 3 aromatic carbocycles. The normalized spacial score (nSPS) is 11.0. The molecule has 0 aliphatic rings. The maximum Gasteiger partial charge on any atom is 0.238 e. The van der Waals surface area contributed by atoms with E-state index in [2.05, 4.69) is 48.6 Å². The Kier molecular flexibility index (Phi) is 4.92. The van der Waals surface area contributed by atoms with Gasteiger partial charge in [-0.05, 0) is 31.0 Å². The maximum atomic E-state index is 12.4. The van der Waals surface area contributed by atoms with Crippen LogP contribution >= 0.6 is 0 Å². The average Bonchev–Trinajstić information content (AvgIpc) is 2.57. The lowest BCUT2D eigenvalue weighted by atomic mass is 10.1. The average molecular weight is 318 g/mol. The van der Waals surface area contributed by atoms with Crippen LogP contribution in [0.25, 0.3) is 10.8 Å². The van der Waals surface area contributed by atoms with Crippen LogP contribution in [-0.2, 0) is 11.3 Å². The van der Waals surface area contributed by atoms with Gasteiger partial charge in [-0.1, -0.05) is 66.2 Å². The Morgan fingerprint density at radius 2 is 1.67 bits per heavy atom. The monoisotopic (exact) mass is 318 g/mol. The summed E-state index contributed by atoms with van der Waals surface area (Å²) in [6, 6.07) is 22.4. The van der Waals surface area contributed by atoms with Gasteiger partial charge >= 0.3 is 0 Å². The highest BCUT2D eigenvalue weighted by molar-refractivity contribution is 6.02. The third kappa shape index (κ3) is 4.00. The highest BCUT2D eigenvalue weighted by atomic mass is 16.2. The molecule has 0 saturated heterocycles. The Morgan fingerprint density at radius 1 is 0.958 bits per heavy atom. The van der Waals surface area contributed by atoms with Crippen molar-refractivity contribution in [2.24, 2.45) is 0 Å². The Labute approximate surface area is 142 Å². The number of carbonyl (C=O) groups excluding carboxylic acids is 1. The van der Waals surface area contributed by atoms with Crippen LogP contribution in [0, 0.1) is 6.92 Å². The number of aryl methyl sites for hydroxylation is 1. The van der Waals surface area contributed by atoms with Gasteiger partial charge in [0.25, 0.3) is 0 Å². The van der Waals surface area contributed by atoms with Crippen LogP contribution in [0.15, 0.2) is 66.7 Å². The molecule has 0 spiro atoms. The molecule has 122 valence electrons. The second kappa shape index (κ2) is 7.28. The summed E-state index contributed by atoms with van der Waals surface area (Å²) in [6.45, 7) is 3.19. The number of benzene rings is 3. The van der Waals surface area contributed by atoms with Gasteiger partial charge in [0.2, 0.25) is 5.91 Å². The van der Waals surface area contributed by atoms with E-state index >= 15 is 0 Å². The number of hydrogen-bond donors (Lipinski definition) is 1. The van der Waals surface area contributed by atoms with E-state index in [9.17, 15) is 4.79 Å². The van der Waals surface area contributed by atoms with Crippen LogP contribution in [0.5, 0.6) is 0 Å². The molecule has 3 nitrogen and oxygen atoms in total. The second-order valence-corrected chi connectivity index (χ2v) is 6.23. The lowest BCUT2D eigenvalue weighted by Crippen LogP contribution is -2.29. The fraction of sp³-hybridized carbons (Fsp3) is 0.190. The van der Waals surface area contributed by atoms with Crippen molar-refractivity contribution in [3.8, 4) is 0 Å². The largest absolute Gasteiger partial charge is 0.324 e. The molecule has 0 atom stereocenters. The first-order chi connectivity index (χ1) is 11.6. The molecule has 0 bridgehead atoms. The third-order valence-electron chi connectivity index (χ3n) is 4.05. The lowest BCUT2D eigenvalue weighted by Gasteiger charge is -2.17. The van der Waals surface area contributed by atoms with E-state index in [1.807, 2.05) is 42.3 Å². The van der Waals surface area contributed by atoms with Gasteiger partial charge in [-0.15, -0.1) is 0 Å². The van der Waals surface area contributed by atoms with E-state index in [1.165, 1.54) is 11.1 Å². The quantitative estimate of drug-likeness (QED) is 0.764. The van der Waals surface area contributed by atoms with Crippen molar-refractivity contribution in [1.82, 2.24) is 4.90 Å². The molecule has 24 heavy (non-hydrogen) atoms. The predicted octanol–water partition coefficient (Wildman–Crippen LogP) is 4.22. The summed E-state index contributed by atoms with van der Waals surface area (Å²) >= 11 is 0. The van der Waals surface area contributed by atoms with E-state index < -0.39 is 0 Å². The molecule has 0 aromatic heterocycles. The molecule has 3 rings (SSSR count). The molecule has 1 amide bonds. The highest BCUT2D eigenvalue weighted by Gasteiger charge is 2.09. The van der Waals surface area contributed by atoms with Crippen molar-refractivity contribution < 1.29 is 4.79 Å². The Hall–Kier alpha value is -2.65. The minimum Gasteiger partial charge on any atom is -0.324 e. The highest BCUT2D eigenvalue weighted by Crippen LogP contribution is 2.22. The summed E-state index contributed by atoms with van der Waals surface area (Å²) in [5, 5.41) is 5.22. The van der Waals surface area contributed by atoms with Gasteiger partial charge in [0.15, 0.2) is 0 Å². The van der Waals surface area contributed by atoms with Crippen LogP contribution in [-0.4, -0.2) is 24.4 Å². The first-order valence-corrected chi connectivity index (χ1v) is 8.13. The Bertz CT molecular complexity index is 835. The summed E-state index contributed by atoms with van der Waals surface area (Å²) in [5.41, 5.74) is 3.32. The molecule has 3 heteroatoms. The van der Waals surface area contributed by atoms with Gasteiger partial charge < -0.3 is 5.32 Å². The van der Waals surface area contributed by atoms with Crippen LogP contribution in [0.1, 0.15) is 11.1 Å². The summed E-state index contributed by atoms with van der Waals surface area (Å²) in [5.74, 6) is 0.000893. The lowest BCUT2D eigenvalue weighted by molar-refractivity contribution is -0.117. The van der Waals surface area contributed by atoms with Crippen LogP contribution in [0.4, 0.5) is 5.69 Å². The zero-order valence-corrected chi connectivity index (χ0v) is 14.1. The number of anilines is 1. The van der Waals surface area contributed by atoms with Crippen LogP contribution in [0.2, 0.25) is 0 Å². The molecule has 0 aliphatic carbocycles. The summed E-state index contributed by atoms with van der Waals surface area (Å²) in [6.07, 6.45) is 0. The molecule has 0 heterocycles. The number of amides is 1. The number of hydrogen-bond acceptors (Lipinski definition) is 2. The zero-order valence-electron chi connectivity index (χ0n) is 14.1. The fourth-order valence-corrected chi connectivity index (χ4v) is 2.83. The first kappa shape index (κ1) is 16.2.